The molecule has 0 aliphatic heterocycles. The fourth-order valence-corrected chi connectivity index (χ4v) is 5.85. The Morgan fingerprint density at radius 2 is 1.73 bits per heavy atom. The lowest BCUT2D eigenvalue weighted by Gasteiger charge is -2.21. The van der Waals surface area contributed by atoms with E-state index in [4.69, 9.17) is 26.8 Å². The summed E-state index contributed by atoms with van der Waals surface area (Å²) in [4.78, 5) is 57.6. The van der Waals surface area contributed by atoms with Gasteiger partial charge in [0.1, 0.15) is 19.0 Å². The molecule has 0 saturated carbocycles. The van der Waals surface area contributed by atoms with Crippen LogP contribution in [0.1, 0.15) is 43.8 Å². The number of H-pyrrole nitrogens is 1. The molecule has 0 aliphatic rings. The van der Waals surface area contributed by atoms with Crippen molar-refractivity contribution in [3.63, 3.8) is 0 Å². The lowest BCUT2D eigenvalue weighted by molar-refractivity contribution is -0.137. The average molecular weight is 791 g/mol. The molecule has 12 nitrogen and oxygen atoms in total. The maximum atomic E-state index is 13.6. The first kappa shape index (κ1) is 41.0. The number of aldehydes is 2. The van der Waals surface area contributed by atoms with Crippen molar-refractivity contribution in [1.29, 1.82) is 0 Å². The van der Waals surface area contributed by atoms with Crippen LogP contribution in [-0.2, 0) is 26.9 Å². The molecule has 5 N–H and O–H groups in total. The summed E-state index contributed by atoms with van der Waals surface area (Å²) < 4.78 is 50.7. The summed E-state index contributed by atoms with van der Waals surface area (Å²) in [5.41, 5.74) is 9.15. The van der Waals surface area contributed by atoms with Crippen molar-refractivity contribution in [1.82, 2.24) is 15.3 Å². The van der Waals surface area contributed by atoms with Crippen LogP contribution in [0.15, 0.2) is 90.5 Å². The molecular formula is C40H38ClF3N6O6. The molecular weight excluding hydrogens is 753 g/mol. The number of anilines is 2. The molecule has 16 heteroatoms. The van der Waals surface area contributed by atoms with Gasteiger partial charge in [0, 0.05) is 53.2 Å². The number of aromatic amines is 1. The van der Waals surface area contributed by atoms with Crippen molar-refractivity contribution in [2.75, 3.05) is 50.2 Å². The molecule has 0 bridgehead atoms. The van der Waals surface area contributed by atoms with Gasteiger partial charge in [0.25, 0.3) is 5.91 Å². The van der Waals surface area contributed by atoms with E-state index in [-0.39, 0.29) is 67.0 Å². The Kier molecular flexibility index (Phi) is 13.8. The van der Waals surface area contributed by atoms with Gasteiger partial charge in [-0.3, -0.25) is 24.5 Å². The number of imidazole rings is 1. The number of hydrogen-bond donors (Lipinski definition) is 4. The largest absolute Gasteiger partial charge is 0.491 e. The molecule has 0 fully saturated rings. The Morgan fingerprint density at radius 1 is 0.982 bits per heavy atom. The number of halogens is 4. The highest BCUT2D eigenvalue weighted by Crippen LogP contribution is 2.31. The van der Waals surface area contributed by atoms with E-state index in [9.17, 15) is 32.3 Å². The average Bonchev–Trinajstić information content (AvgIpc) is 3.58. The van der Waals surface area contributed by atoms with Gasteiger partial charge >= 0.3 is 6.18 Å². The third kappa shape index (κ3) is 11.0. The molecule has 1 aromatic heterocycles. The standard InChI is InChI=1S/C40H38ClF3N6O6/c1-50(35-4-2-3-27(22-51)32(35)23-52)18-17-46-36(53)24-55-19-20-56-30-13-5-25(6-14-30)7-15-31(37(45)26-8-10-28(11-9-26)40(42,43)44)38(54)49-39-47-33-16-12-29(41)21-34(33)48-39/h2-6,8-14,16,21-23H,7,15,17-20,24,45H2,1H3,(H,46,53)(H2,47,48,49,54)/b37-31-. The van der Waals surface area contributed by atoms with Crippen molar-refractivity contribution >= 4 is 64.4 Å². The third-order valence-electron chi connectivity index (χ3n) is 8.66. The van der Waals surface area contributed by atoms with Gasteiger partial charge in [-0.1, -0.05) is 48.0 Å². The Labute approximate surface area is 324 Å². The number of benzene rings is 4. The molecule has 2 amide bonds. The van der Waals surface area contributed by atoms with E-state index >= 15 is 0 Å². The van der Waals surface area contributed by atoms with Crippen LogP contribution in [0.4, 0.5) is 24.8 Å². The van der Waals surface area contributed by atoms with E-state index in [1.807, 2.05) is 0 Å². The summed E-state index contributed by atoms with van der Waals surface area (Å²) >= 11 is 6.07. The number of rotatable bonds is 18. The normalized spacial score (nSPS) is 11.8. The van der Waals surface area contributed by atoms with Crippen LogP contribution in [0.25, 0.3) is 16.7 Å². The molecule has 56 heavy (non-hydrogen) atoms. The van der Waals surface area contributed by atoms with Crippen molar-refractivity contribution in [3.05, 3.63) is 123 Å². The Hall–Kier alpha value is -6.19. The second-order valence-electron chi connectivity index (χ2n) is 12.5. The molecule has 0 radical (unpaired) electrons. The summed E-state index contributed by atoms with van der Waals surface area (Å²) in [5, 5.41) is 5.93. The molecule has 0 spiro atoms. The van der Waals surface area contributed by atoms with Crippen LogP contribution in [0.5, 0.6) is 5.75 Å². The minimum atomic E-state index is -4.53. The van der Waals surface area contributed by atoms with E-state index in [1.165, 1.54) is 12.1 Å². The van der Waals surface area contributed by atoms with Crippen LogP contribution >= 0.6 is 11.6 Å². The minimum absolute atomic E-state index is 0.0194. The third-order valence-corrected chi connectivity index (χ3v) is 8.89. The minimum Gasteiger partial charge on any atom is -0.491 e. The number of nitrogens with one attached hydrogen (secondary N) is 3. The van der Waals surface area contributed by atoms with Crippen LogP contribution in [0.3, 0.4) is 0 Å². The van der Waals surface area contributed by atoms with E-state index in [1.54, 1.807) is 72.6 Å². The summed E-state index contributed by atoms with van der Waals surface area (Å²) in [7, 11) is 1.75. The summed E-state index contributed by atoms with van der Waals surface area (Å²) in [6, 6.07) is 21.3. The quantitative estimate of drug-likeness (QED) is 0.0443. The number of aryl methyl sites for hydroxylation is 1. The van der Waals surface area contributed by atoms with Gasteiger partial charge in [0.05, 0.1) is 23.2 Å². The van der Waals surface area contributed by atoms with Crippen LogP contribution in [-0.4, -0.2) is 74.3 Å². The van der Waals surface area contributed by atoms with Gasteiger partial charge in [-0.2, -0.15) is 13.2 Å². The van der Waals surface area contributed by atoms with Gasteiger partial charge in [0.2, 0.25) is 11.9 Å². The number of hydrogen-bond acceptors (Lipinski definition) is 9. The predicted octanol–water partition coefficient (Wildman–Crippen LogP) is 6.45. The smallest absolute Gasteiger partial charge is 0.416 e. The second-order valence-corrected chi connectivity index (χ2v) is 12.9. The first-order valence-electron chi connectivity index (χ1n) is 17.3. The summed E-state index contributed by atoms with van der Waals surface area (Å²) in [6.07, 6.45) is -2.77. The van der Waals surface area contributed by atoms with E-state index in [2.05, 4.69) is 20.6 Å². The highest BCUT2D eigenvalue weighted by atomic mass is 35.5. The molecule has 0 unspecified atom stereocenters. The number of nitrogens with two attached hydrogens (primary N) is 1. The zero-order valence-corrected chi connectivity index (χ0v) is 30.9. The Morgan fingerprint density at radius 3 is 2.43 bits per heavy atom. The number of nitrogens with zero attached hydrogens (tertiary/aromatic N) is 2. The molecule has 5 aromatic rings. The fourth-order valence-electron chi connectivity index (χ4n) is 5.68. The maximum Gasteiger partial charge on any atom is 0.416 e. The molecule has 1 heterocycles. The maximum absolute atomic E-state index is 13.6. The predicted molar refractivity (Wildman–Crippen MR) is 207 cm³/mol. The molecule has 0 atom stereocenters. The van der Waals surface area contributed by atoms with Crippen molar-refractivity contribution in [2.24, 2.45) is 5.73 Å². The van der Waals surface area contributed by atoms with Crippen molar-refractivity contribution < 1.29 is 41.8 Å². The van der Waals surface area contributed by atoms with Crippen molar-refractivity contribution in [3.8, 4) is 5.75 Å². The number of ether oxygens (including phenoxy) is 2. The fraction of sp³-hybridized carbons (Fsp3) is 0.225. The first-order valence-corrected chi connectivity index (χ1v) is 17.7. The second kappa shape index (κ2) is 18.9. The molecule has 4 aromatic carbocycles. The number of amides is 2. The summed E-state index contributed by atoms with van der Waals surface area (Å²) in [5.74, 6) is -0.221. The Balaban J connectivity index is 1.11. The topological polar surface area (TPSA) is 169 Å². The Bertz CT molecular complexity index is 2210. The SMILES string of the molecule is CN(CCNC(=O)COCCOc1ccc(CC/C(C(=O)Nc2nc3ccc(Cl)cc3[nH]2)=C(/N)c2ccc(C(F)(F)F)cc2)cc1)c1cccc(C=O)c1C=O. The number of carbonyl (C=O) groups excluding carboxylic acids is 4. The van der Waals surface area contributed by atoms with Crippen LogP contribution in [0, 0.1) is 0 Å². The molecule has 292 valence electrons. The summed E-state index contributed by atoms with van der Waals surface area (Å²) in [6.45, 7) is 0.800. The first-order chi connectivity index (χ1) is 26.9. The van der Waals surface area contributed by atoms with Crippen molar-refractivity contribution in [2.45, 2.75) is 19.0 Å². The van der Waals surface area contributed by atoms with Gasteiger partial charge in [-0.25, -0.2) is 4.98 Å². The molecule has 0 aliphatic carbocycles. The monoisotopic (exact) mass is 790 g/mol. The van der Waals surface area contributed by atoms with E-state index in [0.717, 1.165) is 17.7 Å². The molecule has 5 rings (SSSR count). The highest BCUT2D eigenvalue weighted by Gasteiger charge is 2.30. The van der Waals surface area contributed by atoms with Gasteiger partial charge < -0.3 is 30.4 Å². The number of aromatic nitrogens is 2. The van der Waals surface area contributed by atoms with Crippen LogP contribution in [0.2, 0.25) is 5.02 Å². The lowest BCUT2D eigenvalue weighted by Crippen LogP contribution is -2.35. The number of alkyl halides is 3. The lowest BCUT2D eigenvalue weighted by atomic mass is 9.98. The number of likely N-dealkylation sites (N-methyl/N-ethyl adjacent to an activating group) is 1. The molecule has 0 saturated heterocycles. The van der Waals surface area contributed by atoms with Gasteiger partial charge in [0.15, 0.2) is 12.6 Å². The van der Waals surface area contributed by atoms with E-state index in [0.29, 0.717) is 58.6 Å². The zero-order chi connectivity index (χ0) is 40.2. The highest BCUT2D eigenvalue weighted by molar-refractivity contribution is 6.31. The van der Waals surface area contributed by atoms with Gasteiger partial charge in [-0.05, 0) is 72.5 Å². The van der Waals surface area contributed by atoms with E-state index < -0.39 is 17.6 Å². The van der Waals surface area contributed by atoms with Gasteiger partial charge in [-0.15, -0.1) is 0 Å². The number of fused-ring (bicyclic) bond motifs is 1. The van der Waals surface area contributed by atoms with Crippen LogP contribution < -0.4 is 26.0 Å². The number of carbonyl (C=O) groups is 4. The zero-order valence-electron chi connectivity index (χ0n) is 30.1.